The largest absolute Gasteiger partial charge is 0.384 e. The molecule has 0 aromatic heterocycles. The van der Waals surface area contributed by atoms with Crippen molar-refractivity contribution in [2.75, 3.05) is 11.9 Å². The number of ketones is 1. The first-order chi connectivity index (χ1) is 8.75. The summed E-state index contributed by atoms with van der Waals surface area (Å²) in [7, 11) is 0. The first kappa shape index (κ1) is 11.0. The van der Waals surface area contributed by atoms with E-state index in [1.807, 2.05) is 12.1 Å². The molecule has 2 nitrogen and oxygen atoms in total. The molecule has 0 bridgehead atoms. The highest BCUT2D eigenvalue weighted by molar-refractivity contribution is 6.12. The zero-order chi connectivity index (χ0) is 12.5. The molecular weight excluding hydrogens is 229 g/mol. The van der Waals surface area contributed by atoms with Crippen molar-refractivity contribution in [2.24, 2.45) is 0 Å². The Labute approximate surface area is 104 Å². The van der Waals surface area contributed by atoms with Gasteiger partial charge in [-0.1, -0.05) is 24.3 Å². The molecule has 0 atom stereocenters. The number of halogens is 1. The number of anilines is 1. The third kappa shape index (κ3) is 1.78. The second-order valence-electron chi connectivity index (χ2n) is 4.36. The molecule has 3 rings (SSSR count). The zero-order valence-corrected chi connectivity index (χ0v) is 9.74. The molecule has 18 heavy (non-hydrogen) atoms. The molecule has 2 aromatic rings. The molecule has 0 unspecified atom stereocenters. The summed E-state index contributed by atoms with van der Waals surface area (Å²) in [5.41, 5.74) is 3.05. The van der Waals surface area contributed by atoms with E-state index in [0.29, 0.717) is 11.1 Å². The van der Waals surface area contributed by atoms with E-state index in [0.717, 1.165) is 24.2 Å². The maximum absolute atomic E-state index is 13.1. The second-order valence-corrected chi connectivity index (χ2v) is 4.36. The van der Waals surface area contributed by atoms with E-state index in [1.54, 1.807) is 18.2 Å². The van der Waals surface area contributed by atoms with Gasteiger partial charge in [-0.25, -0.2) is 4.39 Å². The van der Waals surface area contributed by atoms with Crippen LogP contribution in [0.15, 0.2) is 42.5 Å². The fourth-order valence-electron chi connectivity index (χ4n) is 2.31. The second kappa shape index (κ2) is 4.26. The van der Waals surface area contributed by atoms with Gasteiger partial charge in [0.2, 0.25) is 0 Å². The number of carbonyl (C=O) groups excluding carboxylic acids is 1. The van der Waals surface area contributed by atoms with E-state index < -0.39 is 0 Å². The summed E-state index contributed by atoms with van der Waals surface area (Å²) in [6.07, 6.45) is 0.930. The van der Waals surface area contributed by atoms with E-state index in [4.69, 9.17) is 0 Å². The Balaban J connectivity index is 2.06. The van der Waals surface area contributed by atoms with Gasteiger partial charge in [0.25, 0.3) is 0 Å². The summed E-state index contributed by atoms with van der Waals surface area (Å²) < 4.78 is 13.1. The maximum Gasteiger partial charge on any atom is 0.195 e. The Bertz CT molecular complexity index is 622. The molecule has 0 saturated heterocycles. The van der Waals surface area contributed by atoms with Gasteiger partial charge in [0.1, 0.15) is 5.82 Å². The number of hydrogen-bond acceptors (Lipinski definition) is 2. The normalized spacial score (nSPS) is 12.9. The lowest BCUT2D eigenvalue weighted by atomic mass is 9.99. The highest BCUT2D eigenvalue weighted by Crippen LogP contribution is 2.28. The Morgan fingerprint density at radius 3 is 2.83 bits per heavy atom. The number of nitrogens with one attached hydrogen (secondary N) is 1. The number of para-hydroxylation sites is 1. The molecule has 0 fully saturated rings. The van der Waals surface area contributed by atoms with Crippen molar-refractivity contribution >= 4 is 11.5 Å². The summed E-state index contributed by atoms with van der Waals surface area (Å²) >= 11 is 0. The SMILES string of the molecule is O=C(c1cccc(F)c1)c1cccc2c1NCC2. The van der Waals surface area contributed by atoms with Crippen LogP contribution in [0.4, 0.5) is 10.1 Å². The molecule has 1 heterocycles. The molecule has 0 radical (unpaired) electrons. The van der Waals surface area contributed by atoms with E-state index in [1.165, 1.54) is 12.1 Å². The van der Waals surface area contributed by atoms with Crippen molar-refractivity contribution in [2.45, 2.75) is 6.42 Å². The third-order valence-corrected chi connectivity index (χ3v) is 3.18. The molecule has 0 saturated carbocycles. The van der Waals surface area contributed by atoms with Crippen LogP contribution in [0, 0.1) is 5.82 Å². The summed E-state index contributed by atoms with van der Waals surface area (Å²) in [6.45, 7) is 0.850. The molecule has 1 aliphatic rings. The Morgan fingerprint density at radius 2 is 2.00 bits per heavy atom. The average Bonchev–Trinajstić information content (AvgIpc) is 2.86. The molecule has 1 N–H and O–H groups in total. The van der Waals surface area contributed by atoms with Crippen molar-refractivity contribution in [3.05, 3.63) is 65.0 Å². The predicted molar refractivity (Wildman–Crippen MR) is 68.5 cm³/mol. The van der Waals surface area contributed by atoms with Crippen LogP contribution in [-0.2, 0) is 6.42 Å². The molecule has 90 valence electrons. The minimum atomic E-state index is -0.388. The molecule has 3 heteroatoms. The van der Waals surface area contributed by atoms with Crippen LogP contribution in [0.1, 0.15) is 21.5 Å². The highest BCUT2D eigenvalue weighted by Gasteiger charge is 2.19. The number of rotatable bonds is 2. The Morgan fingerprint density at radius 1 is 1.17 bits per heavy atom. The summed E-state index contributed by atoms with van der Waals surface area (Å²) in [5.74, 6) is -0.526. The number of carbonyl (C=O) groups is 1. The lowest BCUT2D eigenvalue weighted by Crippen LogP contribution is -2.05. The van der Waals surface area contributed by atoms with Gasteiger partial charge in [-0.3, -0.25) is 4.79 Å². The molecular formula is C15H12FNO. The van der Waals surface area contributed by atoms with E-state index >= 15 is 0 Å². The number of hydrogen-bond donors (Lipinski definition) is 1. The summed E-state index contributed by atoms with van der Waals surface area (Å²) in [6, 6.07) is 11.5. The fourth-order valence-corrected chi connectivity index (χ4v) is 2.31. The van der Waals surface area contributed by atoms with Crippen LogP contribution >= 0.6 is 0 Å². The minimum Gasteiger partial charge on any atom is -0.384 e. The van der Waals surface area contributed by atoms with Crippen molar-refractivity contribution in [1.82, 2.24) is 0 Å². The zero-order valence-electron chi connectivity index (χ0n) is 9.74. The topological polar surface area (TPSA) is 29.1 Å². The van der Waals surface area contributed by atoms with Gasteiger partial charge in [0.05, 0.1) is 0 Å². The van der Waals surface area contributed by atoms with Gasteiger partial charge in [-0.2, -0.15) is 0 Å². The fraction of sp³-hybridized carbons (Fsp3) is 0.133. The number of fused-ring (bicyclic) bond motifs is 1. The number of benzene rings is 2. The van der Waals surface area contributed by atoms with Gasteiger partial charge in [0.15, 0.2) is 5.78 Å². The minimum absolute atomic E-state index is 0.138. The van der Waals surface area contributed by atoms with Gasteiger partial charge in [-0.05, 0) is 30.2 Å². The van der Waals surface area contributed by atoms with Crippen molar-refractivity contribution in [3.8, 4) is 0 Å². The van der Waals surface area contributed by atoms with Crippen LogP contribution in [0.2, 0.25) is 0 Å². The van der Waals surface area contributed by atoms with E-state index in [-0.39, 0.29) is 11.6 Å². The van der Waals surface area contributed by atoms with Crippen LogP contribution in [0.3, 0.4) is 0 Å². The summed E-state index contributed by atoms with van der Waals surface area (Å²) in [5, 5.41) is 3.22. The van der Waals surface area contributed by atoms with Crippen LogP contribution < -0.4 is 5.32 Å². The van der Waals surface area contributed by atoms with Crippen molar-refractivity contribution in [3.63, 3.8) is 0 Å². The van der Waals surface area contributed by atoms with Crippen molar-refractivity contribution in [1.29, 1.82) is 0 Å². The van der Waals surface area contributed by atoms with Gasteiger partial charge in [0, 0.05) is 23.4 Å². The molecule has 0 amide bonds. The standard InChI is InChI=1S/C15H12FNO/c16-12-5-1-4-11(9-12)15(18)13-6-2-3-10-7-8-17-14(10)13/h1-6,9,17H,7-8H2. The predicted octanol–water partition coefficient (Wildman–Crippen LogP) is 3.02. The first-order valence-corrected chi connectivity index (χ1v) is 5.92. The van der Waals surface area contributed by atoms with Gasteiger partial charge < -0.3 is 5.32 Å². The Hall–Kier alpha value is -2.16. The third-order valence-electron chi connectivity index (χ3n) is 3.18. The van der Waals surface area contributed by atoms with E-state index in [2.05, 4.69) is 5.32 Å². The van der Waals surface area contributed by atoms with Crippen LogP contribution in [0.5, 0.6) is 0 Å². The molecule has 2 aromatic carbocycles. The van der Waals surface area contributed by atoms with Crippen LogP contribution in [-0.4, -0.2) is 12.3 Å². The monoisotopic (exact) mass is 241 g/mol. The first-order valence-electron chi connectivity index (χ1n) is 5.92. The lowest BCUT2D eigenvalue weighted by Gasteiger charge is -2.08. The van der Waals surface area contributed by atoms with E-state index in [9.17, 15) is 9.18 Å². The van der Waals surface area contributed by atoms with Gasteiger partial charge >= 0.3 is 0 Å². The van der Waals surface area contributed by atoms with Crippen molar-refractivity contribution < 1.29 is 9.18 Å². The molecule has 1 aliphatic heterocycles. The van der Waals surface area contributed by atoms with Crippen LogP contribution in [0.25, 0.3) is 0 Å². The Kier molecular flexibility index (Phi) is 2.59. The highest BCUT2D eigenvalue weighted by atomic mass is 19.1. The molecule has 0 aliphatic carbocycles. The molecule has 0 spiro atoms. The summed E-state index contributed by atoms with van der Waals surface area (Å²) in [4.78, 5) is 12.4. The lowest BCUT2D eigenvalue weighted by molar-refractivity contribution is 0.103. The quantitative estimate of drug-likeness (QED) is 0.819. The van der Waals surface area contributed by atoms with Gasteiger partial charge in [-0.15, -0.1) is 0 Å². The smallest absolute Gasteiger partial charge is 0.195 e. The average molecular weight is 241 g/mol. The maximum atomic E-state index is 13.1.